The van der Waals surface area contributed by atoms with E-state index < -0.39 is 0 Å². The number of pyridine rings is 1. The Bertz CT molecular complexity index is 481. The molecule has 2 aromatic rings. The Morgan fingerprint density at radius 1 is 1.40 bits per heavy atom. The van der Waals surface area contributed by atoms with Gasteiger partial charge in [-0.25, -0.2) is 4.98 Å². The molecule has 0 saturated heterocycles. The molecule has 78 valence electrons. The van der Waals surface area contributed by atoms with Gasteiger partial charge in [0.1, 0.15) is 11.4 Å². The van der Waals surface area contributed by atoms with Gasteiger partial charge in [0.25, 0.3) is 5.89 Å². The Kier molecular flexibility index (Phi) is 2.24. The lowest BCUT2D eigenvalue weighted by molar-refractivity contribution is 0.412. The van der Waals surface area contributed by atoms with Gasteiger partial charge in [0, 0.05) is 0 Å². The summed E-state index contributed by atoms with van der Waals surface area (Å²) in [4.78, 5) is 4.16. The van der Waals surface area contributed by atoms with Crippen molar-refractivity contribution in [2.75, 3.05) is 12.8 Å². The van der Waals surface area contributed by atoms with Gasteiger partial charge in [-0.15, -0.1) is 5.10 Å². The fourth-order valence-electron chi connectivity index (χ4n) is 1.21. The summed E-state index contributed by atoms with van der Waals surface area (Å²) in [5.74, 6) is 0.997. The third-order valence-electron chi connectivity index (χ3n) is 1.93. The lowest BCUT2D eigenvalue weighted by Gasteiger charge is -2.02. The molecule has 2 rings (SSSR count). The van der Waals surface area contributed by atoms with Crippen LogP contribution in [0.15, 0.2) is 16.7 Å². The zero-order valence-electron chi connectivity index (χ0n) is 8.39. The Morgan fingerprint density at radius 2 is 2.20 bits per heavy atom. The average molecular weight is 206 g/mol. The van der Waals surface area contributed by atoms with Crippen LogP contribution in [0.1, 0.15) is 5.56 Å². The Balaban J connectivity index is 2.45. The average Bonchev–Trinajstić information content (AvgIpc) is 2.64. The normalized spacial score (nSPS) is 10.3. The molecule has 0 amide bonds. The molecule has 2 N–H and O–H groups in total. The number of hydrogen-bond acceptors (Lipinski definition) is 6. The van der Waals surface area contributed by atoms with Gasteiger partial charge in [0.15, 0.2) is 0 Å². The van der Waals surface area contributed by atoms with Crippen LogP contribution in [0.5, 0.6) is 5.75 Å². The predicted octanol–water partition coefficient (Wildman–Crippen LogP) is 1.03. The number of hydrogen-bond donors (Lipinski definition) is 1. The molecule has 0 atom stereocenters. The summed E-state index contributed by atoms with van der Waals surface area (Å²) >= 11 is 0. The maximum Gasteiger partial charge on any atom is 0.313 e. The summed E-state index contributed by atoms with van der Waals surface area (Å²) in [6, 6.07) is 1.87. The monoisotopic (exact) mass is 206 g/mol. The topological polar surface area (TPSA) is 87.1 Å². The molecule has 0 bridgehead atoms. The number of nitrogens with two attached hydrogens (primary N) is 1. The highest BCUT2D eigenvalue weighted by atomic mass is 16.5. The molecule has 2 aromatic heterocycles. The number of aromatic nitrogens is 3. The third-order valence-corrected chi connectivity index (χ3v) is 1.93. The van der Waals surface area contributed by atoms with E-state index >= 15 is 0 Å². The van der Waals surface area contributed by atoms with E-state index in [4.69, 9.17) is 14.9 Å². The van der Waals surface area contributed by atoms with Crippen LogP contribution < -0.4 is 10.5 Å². The van der Waals surface area contributed by atoms with Gasteiger partial charge in [-0.1, -0.05) is 5.10 Å². The molecule has 0 aliphatic rings. The molecule has 0 radical (unpaired) electrons. The van der Waals surface area contributed by atoms with Crippen LogP contribution in [-0.4, -0.2) is 22.3 Å². The maximum absolute atomic E-state index is 5.33. The summed E-state index contributed by atoms with van der Waals surface area (Å²) in [7, 11) is 1.58. The van der Waals surface area contributed by atoms with Crippen molar-refractivity contribution in [1.82, 2.24) is 15.2 Å². The molecule has 0 unspecified atom stereocenters. The summed E-state index contributed by atoms with van der Waals surface area (Å²) in [5, 5.41) is 7.32. The first-order chi connectivity index (χ1) is 7.20. The minimum absolute atomic E-state index is 0.0296. The standard InChI is InChI=1S/C9H10N4O2/c1-5-3-6(14-2)4-11-7(5)8-12-13-9(10)15-8/h3-4H,1-2H3,(H2,10,13). The zero-order valence-corrected chi connectivity index (χ0v) is 8.39. The lowest BCUT2D eigenvalue weighted by Crippen LogP contribution is -1.91. The highest BCUT2D eigenvalue weighted by molar-refractivity contribution is 5.54. The number of ether oxygens (including phenoxy) is 1. The van der Waals surface area contributed by atoms with Gasteiger partial charge >= 0.3 is 6.01 Å². The Morgan fingerprint density at radius 3 is 2.73 bits per heavy atom. The van der Waals surface area contributed by atoms with E-state index in [1.165, 1.54) is 0 Å². The van der Waals surface area contributed by atoms with Crippen molar-refractivity contribution in [2.24, 2.45) is 0 Å². The van der Waals surface area contributed by atoms with E-state index in [1.807, 2.05) is 13.0 Å². The molecule has 0 spiro atoms. The van der Waals surface area contributed by atoms with Crippen molar-refractivity contribution in [1.29, 1.82) is 0 Å². The number of methoxy groups -OCH3 is 1. The molecule has 0 saturated carbocycles. The predicted molar refractivity (Wildman–Crippen MR) is 53.2 cm³/mol. The van der Waals surface area contributed by atoms with Crippen molar-refractivity contribution < 1.29 is 9.15 Å². The second-order valence-corrected chi connectivity index (χ2v) is 2.99. The molecular weight excluding hydrogens is 196 g/mol. The van der Waals surface area contributed by atoms with E-state index in [2.05, 4.69) is 15.2 Å². The number of rotatable bonds is 2. The van der Waals surface area contributed by atoms with Crippen LogP contribution >= 0.6 is 0 Å². The Hall–Kier alpha value is -2.11. The van der Waals surface area contributed by atoms with Crippen LogP contribution in [-0.2, 0) is 0 Å². The fourth-order valence-corrected chi connectivity index (χ4v) is 1.21. The molecule has 6 nitrogen and oxygen atoms in total. The smallest absolute Gasteiger partial charge is 0.313 e. The van der Waals surface area contributed by atoms with Crippen molar-refractivity contribution in [3.05, 3.63) is 17.8 Å². The van der Waals surface area contributed by atoms with Crippen LogP contribution in [0.2, 0.25) is 0 Å². The third kappa shape index (κ3) is 1.74. The van der Waals surface area contributed by atoms with Gasteiger partial charge in [-0.05, 0) is 18.6 Å². The SMILES string of the molecule is COc1cnc(-c2nnc(N)o2)c(C)c1. The second kappa shape index (κ2) is 3.56. The maximum atomic E-state index is 5.33. The van der Waals surface area contributed by atoms with E-state index in [-0.39, 0.29) is 6.01 Å². The minimum atomic E-state index is 0.0296. The van der Waals surface area contributed by atoms with Crippen LogP contribution in [0.3, 0.4) is 0 Å². The fraction of sp³-hybridized carbons (Fsp3) is 0.222. The van der Waals surface area contributed by atoms with Crippen LogP contribution in [0.25, 0.3) is 11.6 Å². The first-order valence-electron chi connectivity index (χ1n) is 4.30. The van der Waals surface area contributed by atoms with Crippen LogP contribution in [0.4, 0.5) is 6.01 Å². The van der Waals surface area contributed by atoms with Gasteiger partial charge in [-0.2, -0.15) is 0 Å². The van der Waals surface area contributed by atoms with Gasteiger partial charge in [0.2, 0.25) is 0 Å². The van der Waals surface area contributed by atoms with Crippen molar-refractivity contribution >= 4 is 6.01 Å². The van der Waals surface area contributed by atoms with Crippen molar-refractivity contribution in [2.45, 2.75) is 6.92 Å². The summed E-state index contributed by atoms with van der Waals surface area (Å²) in [6.07, 6.45) is 1.59. The Labute approximate surface area is 86.1 Å². The molecule has 0 aromatic carbocycles. The number of anilines is 1. The lowest BCUT2D eigenvalue weighted by atomic mass is 10.2. The van der Waals surface area contributed by atoms with Gasteiger partial charge in [0.05, 0.1) is 13.3 Å². The second-order valence-electron chi connectivity index (χ2n) is 2.99. The highest BCUT2D eigenvalue weighted by Gasteiger charge is 2.11. The molecule has 0 aliphatic heterocycles. The van der Waals surface area contributed by atoms with E-state index in [0.717, 1.165) is 5.56 Å². The van der Waals surface area contributed by atoms with Gasteiger partial charge < -0.3 is 14.9 Å². The first kappa shape index (κ1) is 9.45. The number of nitrogen functional groups attached to an aromatic ring is 1. The van der Waals surface area contributed by atoms with E-state index in [1.54, 1.807) is 13.3 Å². The number of nitrogens with zero attached hydrogens (tertiary/aromatic N) is 3. The quantitative estimate of drug-likeness (QED) is 0.789. The summed E-state index contributed by atoms with van der Waals surface area (Å²) in [5.41, 5.74) is 6.83. The summed E-state index contributed by atoms with van der Waals surface area (Å²) in [6.45, 7) is 1.88. The molecule has 0 fully saturated rings. The molecule has 0 aliphatic carbocycles. The number of aryl methyl sites for hydroxylation is 1. The molecule has 6 heteroatoms. The minimum Gasteiger partial charge on any atom is -0.495 e. The summed E-state index contributed by atoms with van der Waals surface area (Å²) < 4.78 is 10.1. The highest BCUT2D eigenvalue weighted by Crippen LogP contribution is 2.23. The molecule has 2 heterocycles. The van der Waals surface area contributed by atoms with Crippen molar-refractivity contribution in [3.63, 3.8) is 0 Å². The van der Waals surface area contributed by atoms with Crippen LogP contribution in [0, 0.1) is 6.92 Å². The largest absolute Gasteiger partial charge is 0.495 e. The van der Waals surface area contributed by atoms with Crippen molar-refractivity contribution in [3.8, 4) is 17.3 Å². The first-order valence-corrected chi connectivity index (χ1v) is 4.30. The van der Waals surface area contributed by atoms with E-state index in [9.17, 15) is 0 Å². The molecule has 15 heavy (non-hydrogen) atoms. The van der Waals surface area contributed by atoms with Gasteiger partial charge in [-0.3, -0.25) is 0 Å². The van der Waals surface area contributed by atoms with E-state index in [0.29, 0.717) is 17.3 Å². The zero-order chi connectivity index (χ0) is 10.8. The molecular formula is C9H10N4O2.